The van der Waals surface area contributed by atoms with Gasteiger partial charge in [0.05, 0.1) is 11.7 Å². The molecule has 90 valence electrons. The SMILES string of the molecule is CCC(C)(O)C(O)CCCc1ccccc1. The predicted octanol–water partition coefficient (Wildman–Crippen LogP) is 2.53. The van der Waals surface area contributed by atoms with Gasteiger partial charge in [0.15, 0.2) is 0 Å². The number of aliphatic hydroxyl groups is 2. The average molecular weight is 222 g/mol. The maximum Gasteiger partial charge on any atom is 0.0874 e. The minimum atomic E-state index is -0.948. The molecule has 0 fully saturated rings. The highest BCUT2D eigenvalue weighted by atomic mass is 16.3. The summed E-state index contributed by atoms with van der Waals surface area (Å²) in [6.45, 7) is 3.58. The summed E-state index contributed by atoms with van der Waals surface area (Å²) < 4.78 is 0. The molecule has 2 unspecified atom stereocenters. The Morgan fingerprint density at radius 2 is 1.88 bits per heavy atom. The summed E-state index contributed by atoms with van der Waals surface area (Å²) in [6, 6.07) is 10.2. The van der Waals surface area contributed by atoms with Crippen molar-refractivity contribution in [3.63, 3.8) is 0 Å². The molecule has 0 spiro atoms. The van der Waals surface area contributed by atoms with E-state index in [1.165, 1.54) is 5.56 Å². The fraction of sp³-hybridized carbons (Fsp3) is 0.571. The molecule has 16 heavy (non-hydrogen) atoms. The number of benzene rings is 1. The van der Waals surface area contributed by atoms with Crippen LogP contribution in [0.5, 0.6) is 0 Å². The molecule has 1 aromatic rings. The summed E-state index contributed by atoms with van der Waals surface area (Å²) in [6.07, 6.45) is 2.47. The van der Waals surface area contributed by atoms with Gasteiger partial charge < -0.3 is 10.2 Å². The number of hydrogen-bond donors (Lipinski definition) is 2. The second kappa shape index (κ2) is 6.02. The van der Waals surface area contributed by atoms with Gasteiger partial charge in [-0.1, -0.05) is 37.3 Å². The third kappa shape index (κ3) is 3.95. The van der Waals surface area contributed by atoms with Crippen LogP contribution < -0.4 is 0 Å². The van der Waals surface area contributed by atoms with Gasteiger partial charge in [-0.05, 0) is 38.2 Å². The van der Waals surface area contributed by atoms with Crippen LogP contribution in [-0.2, 0) is 6.42 Å². The Bertz CT molecular complexity index is 293. The van der Waals surface area contributed by atoms with Gasteiger partial charge in [-0.25, -0.2) is 0 Å². The Hall–Kier alpha value is -0.860. The van der Waals surface area contributed by atoms with Crippen LogP contribution in [0.1, 0.15) is 38.7 Å². The lowest BCUT2D eigenvalue weighted by Crippen LogP contribution is -2.38. The molecule has 0 saturated carbocycles. The third-order valence-electron chi connectivity index (χ3n) is 3.22. The van der Waals surface area contributed by atoms with Gasteiger partial charge in [0.25, 0.3) is 0 Å². The van der Waals surface area contributed by atoms with Crippen LogP contribution in [0.15, 0.2) is 30.3 Å². The number of aliphatic hydroxyl groups excluding tert-OH is 1. The summed E-state index contributed by atoms with van der Waals surface area (Å²) >= 11 is 0. The highest BCUT2D eigenvalue weighted by Crippen LogP contribution is 2.19. The van der Waals surface area contributed by atoms with Gasteiger partial charge in [0.1, 0.15) is 0 Å². The molecule has 0 bridgehead atoms. The van der Waals surface area contributed by atoms with Crippen LogP contribution in [0.2, 0.25) is 0 Å². The van der Waals surface area contributed by atoms with E-state index >= 15 is 0 Å². The van der Waals surface area contributed by atoms with Crippen LogP contribution in [0.4, 0.5) is 0 Å². The molecule has 0 amide bonds. The van der Waals surface area contributed by atoms with Crippen molar-refractivity contribution in [1.29, 1.82) is 0 Å². The summed E-state index contributed by atoms with van der Waals surface area (Å²) in [5, 5.41) is 19.6. The van der Waals surface area contributed by atoms with Crippen LogP contribution in [0, 0.1) is 0 Å². The Balaban J connectivity index is 2.31. The van der Waals surface area contributed by atoms with E-state index in [0.717, 1.165) is 12.8 Å². The standard InChI is InChI=1S/C14H22O2/c1-3-14(2,16)13(15)11-7-10-12-8-5-4-6-9-12/h4-6,8-9,13,15-16H,3,7,10-11H2,1-2H3. The summed E-state index contributed by atoms with van der Waals surface area (Å²) in [7, 11) is 0. The molecule has 1 aromatic carbocycles. The van der Waals surface area contributed by atoms with Crippen LogP contribution >= 0.6 is 0 Å². The van der Waals surface area contributed by atoms with Gasteiger partial charge in [-0.15, -0.1) is 0 Å². The molecular weight excluding hydrogens is 200 g/mol. The van der Waals surface area contributed by atoms with E-state index in [9.17, 15) is 10.2 Å². The van der Waals surface area contributed by atoms with Gasteiger partial charge in [-0.2, -0.15) is 0 Å². The van der Waals surface area contributed by atoms with Crippen molar-refractivity contribution in [2.45, 2.75) is 51.2 Å². The zero-order valence-electron chi connectivity index (χ0n) is 10.2. The summed E-state index contributed by atoms with van der Waals surface area (Å²) in [5.41, 5.74) is 0.335. The molecule has 2 N–H and O–H groups in total. The van der Waals surface area contributed by atoms with Crippen molar-refractivity contribution in [2.24, 2.45) is 0 Å². The molecule has 2 nitrogen and oxygen atoms in total. The van der Waals surface area contributed by atoms with Crippen molar-refractivity contribution >= 4 is 0 Å². The molecule has 0 aliphatic rings. The maximum absolute atomic E-state index is 9.84. The van der Waals surface area contributed by atoms with Crippen molar-refractivity contribution < 1.29 is 10.2 Å². The lowest BCUT2D eigenvalue weighted by molar-refractivity contribution is -0.0675. The Morgan fingerprint density at radius 1 is 1.25 bits per heavy atom. The lowest BCUT2D eigenvalue weighted by atomic mass is 9.92. The van der Waals surface area contributed by atoms with E-state index < -0.39 is 11.7 Å². The highest BCUT2D eigenvalue weighted by molar-refractivity contribution is 5.14. The van der Waals surface area contributed by atoms with E-state index in [-0.39, 0.29) is 0 Å². The normalized spacial score (nSPS) is 16.8. The molecule has 0 aromatic heterocycles. The zero-order valence-corrected chi connectivity index (χ0v) is 10.2. The number of hydrogen-bond acceptors (Lipinski definition) is 2. The highest BCUT2D eigenvalue weighted by Gasteiger charge is 2.27. The van der Waals surface area contributed by atoms with Crippen LogP contribution in [-0.4, -0.2) is 21.9 Å². The van der Waals surface area contributed by atoms with E-state index in [2.05, 4.69) is 12.1 Å². The van der Waals surface area contributed by atoms with Crippen LogP contribution in [0.3, 0.4) is 0 Å². The second-order valence-electron chi connectivity index (χ2n) is 4.60. The van der Waals surface area contributed by atoms with Crippen molar-refractivity contribution in [2.75, 3.05) is 0 Å². The Labute approximate surface area is 97.9 Å². The zero-order chi connectivity index (χ0) is 12.0. The molecule has 0 radical (unpaired) electrons. The number of rotatable bonds is 6. The van der Waals surface area contributed by atoms with Crippen molar-refractivity contribution in [1.82, 2.24) is 0 Å². The van der Waals surface area contributed by atoms with E-state index in [0.29, 0.717) is 12.8 Å². The smallest absolute Gasteiger partial charge is 0.0874 e. The minimum Gasteiger partial charge on any atom is -0.390 e. The molecule has 2 atom stereocenters. The molecule has 0 saturated heterocycles. The van der Waals surface area contributed by atoms with Crippen LogP contribution in [0.25, 0.3) is 0 Å². The Morgan fingerprint density at radius 3 is 2.44 bits per heavy atom. The summed E-state index contributed by atoms with van der Waals surface area (Å²) in [5.74, 6) is 0. The van der Waals surface area contributed by atoms with Crippen molar-refractivity contribution in [3.05, 3.63) is 35.9 Å². The quantitative estimate of drug-likeness (QED) is 0.776. The first-order chi connectivity index (χ1) is 7.56. The predicted molar refractivity (Wildman–Crippen MR) is 66.3 cm³/mol. The minimum absolute atomic E-state index is 0.583. The largest absolute Gasteiger partial charge is 0.390 e. The monoisotopic (exact) mass is 222 g/mol. The second-order valence-corrected chi connectivity index (χ2v) is 4.60. The molecule has 2 heteroatoms. The van der Waals surface area contributed by atoms with E-state index in [1.807, 2.05) is 25.1 Å². The first-order valence-electron chi connectivity index (χ1n) is 6.00. The first-order valence-corrected chi connectivity index (χ1v) is 6.00. The average Bonchev–Trinajstić information content (AvgIpc) is 2.30. The van der Waals surface area contributed by atoms with Gasteiger partial charge in [0, 0.05) is 0 Å². The fourth-order valence-electron chi connectivity index (χ4n) is 1.69. The maximum atomic E-state index is 9.84. The topological polar surface area (TPSA) is 40.5 Å². The summed E-state index contributed by atoms with van der Waals surface area (Å²) in [4.78, 5) is 0. The molecule has 0 aliphatic heterocycles. The molecular formula is C14H22O2. The molecule has 0 heterocycles. The lowest BCUT2D eigenvalue weighted by Gasteiger charge is -2.27. The van der Waals surface area contributed by atoms with Crippen molar-refractivity contribution in [3.8, 4) is 0 Å². The molecule has 1 rings (SSSR count). The number of aryl methyl sites for hydroxylation is 1. The van der Waals surface area contributed by atoms with E-state index in [4.69, 9.17) is 0 Å². The van der Waals surface area contributed by atoms with Gasteiger partial charge in [-0.3, -0.25) is 0 Å². The Kier molecular flexibility index (Phi) is 4.97. The van der Waals surface area contributed by atoms with Gasteiger partial charge in [0.2, 0.25) is 0 Å². The first kappa shape index (κ1) is 13.2. The molecule has 0 aliphatic carbocycles. The third-order valence-corrected chi connectivity index (χ3v) is 3.22. The van der Waals surface area contributed by atoms with Gasteiger partial charge >= 0.3 is 0 Å². The fourth-order valence-corrected chi connectivity index (χ4v) is 1.69. The van der Waals surface area contributed by atoms with E-state index in [1.54, 1.807) is 6.92 Å².